The number of thiazole rings is 1. The number of aliphatic hydroxyl groups excluding tert-OH is 1. The van der Waals surface area contributed by atoms with Gasteiger partial charge in [0, 0.05) is 18.1 Å². The van der Waals surface area contributed by atoms with Crippen LogP contribution in [0.4, 0.5) is 5.69 Å². The number of nitrogens with one attached hydrogen (secondary N) is 1. The Kier molecular flexibility index (Phi) is 5.74. The summed E-state index contributed by atoms with van der Waals surface area (Å²) in [5.41, 5.74) is 4.84. The molecule has 2 atom stereocenters. The largest absolute Gasteiger partial charge is 0.497 e. The Bertz CT molecular complexity index is 1280. The number of fused-ring (bicyclic) bond motifs is 1. The van der Waals surface area contributed by atoms with E-state index in [1.54, 1.807) is 18.4 Å². The molecule has 2 aliphatic heterocycles. The third-order valence-electron chi connectivity index (χ3n) is 6.03. The lowest BCUT2D eigenvalue weighted by atomic mass is 10.0. The molecule has 0 spiro atoms. The first-order valence-corrected chi connectivity index (χ1v) is 11.7. The van der Waals surface area contributed by atoms with Crippen LogP contribution in [0.15, 0.2) is 77.7 Å². The van der Waals surface area contributed by atoms with Gasteiger partial charge in [0.15, 0.2) is 5.84 Å². The van der Waals surface area contributed by atoms with Gasteiger partial charge in [0.25, 0.3) is 0 Å². The van der Waals surface area contributed by atoms with Crippen LogP contribution in [0, 0.1) is 6.92 Å². The summed E-state index contributed by atoms with van der Waals surface area (Å²) in [7, 11) is 1.68. The van der Waals surface area contributed by atoms with Crippen LogP contribution in [-0.4, -0.2) is 34.0 Å². The summed E-state index contributed by atoms with van der Waals surface area (Å²) in [5, 5.41) is 14.5. The van der Waals surface area contributed by atoms with Gasteiger partial charge in [-0.05, 0) is 67.0 Å². The molecule has 0 bridgehead atoms. The van der Waals surface area contributed by atoms with Gasteiger partial charge in [-0.15, -0.1) is 11.3 Å². The fraction of sp³-hybridized carbons (Fsp3) is 0.231. The van der Waals surface area contributed by atoms with Crippen molar-refractivity contribution >= 4 is 22.9 Å². The number of amidine groups is 1. The number of hydrogen-bond acceptors (Lipinski definition) is 7. The van der Waals surface area contributed by atoms with Crippen LogP contribution in [0.3, 0.4) is 0 Å². The fourth-order valence-corrected chi connectivity index (χ4v) is 5.17. The van der Waals surface area contributed by atoms with E-state index >= 15 is 0 Å². The minimum atomic E-state index is -0.0389. The van der Waals surface area contributed by atoms with Gasteiger partial charge >= 0.3 is 0 Å². The summed E-state index contributed by atoms with van der Waals surface area (Å²) in [5.74, 6) is 1.74. The Balaban J connectivity index is 1.43. The molecular formula is C26H26N4O2S. The van der Waals surface area contributed by atoms with Crippen LogP contribution in [0.2, 0.25) is 0 Å². The van der Waals surface area contributed by atoms with E-state index in [0.717, 1.165) is 49.5 Å². The van der Waals surface area contributed by atoms with Crippen molar-refractivity contribution < 1.29 is 9.84 Å². The van der Waals surface area contributed by atoms with E-state index in [0.29, 0.717) is 0 Å². The molecule has 0 fully saturated rings. The zero-order valence-electron chi connectivity index (χ0n) is 18.8. The number of methoxy groups -OCH3 is 1. The average molecular weight is 459 g/mol. The summed E-state index contributed by atoms with van der Waals surface area (Å²) in [4.78, 5) is 12.7. The van der Waals surface area contributed by atoms with Crippen LogP contribution in [-0.2, 0) is 6.61 Å². The Morgan fingerprint density at radius 2 is 2.09 bits per heavy atom. The second-order valence-electron chi connectivity index (χ2n) is 8.14. The number of aliphatic hydroxyl groups is 1. The maximum absolute atomic E-state index is 9.99. The molecule has 7 heteroatoms. The minimum Gasteiger partial charge on any atom is -0.497 e. The van der Waals surface area contributed by atoms with Crippen LogP contribution < -0.4 is 10.1 Å². The molecule has 0 saturated carbocycles. The number of allylic oxidation sites excluding steroid dienone is 2. The molecule has 0 radical (unpaired) electrons. The molecule has 2 N–H and O–H groups in total. The monoisotopic (exact) mass is 458 g/mol. The molecular weight excluding hydrogens is 432 g/mol. The maximum Gasteiger partial charge on any atom is 0.152 e. The highest BCUT2D eigenvalue weighted by Gasteiger charge is 2.35. The number of ether oxygens (including phenoxy) is 1. The summed E-state index contributed by atoms with van der Waals surface area (Å²) in [6.07, 6.45) is 8.01. The van der Waals surface area contributed by atoms with Gasteiger partial charge in [0.2, 0.25) is 0 Å². The highest BCUT2D eigenvalue weighted by atomic mass is 32.1. The smallest absolute Gasteiger partial charge is 0.152 e. The Hall–Kier alpha value is -3.42. The number of aryl methyl sites for hydroxylation is 1. The first kappa shape index (κ1) is 21.4. The topological polar surface area (TPSA) is 70.0 Å². The van der Waals surface area contributed by atoms with Gasteiger partial charge < -0.3 is 20.1 Å². The number of rotatable bonds is 6. The highest BCUT2D eigenvalue weighted by molar-refractivity contribution is 7.15. The normalized spacial score (nSPS) is 19.2. The van der Waals surface area contributed by atoms with Crippen molar-refractivity contribution in [3.05, 3.63) is 88.8 Å². The van der Waals surface area contributed by atoms with Crippen molar-refractivity contribution in [3.8, 4) is 16.2 Å². The third kappa shape index (κ3) is 4.05. The van der Waals surface area contributed by atoms with Crippen LogP contribution in [0.1, 0.15) is 29.1 Å². The van der Waals surface area contributed by atoms with Crippen molar-refractivity contribution in [1.82, 2.24) is 9.88 Å². The number of hydrogen-bond donors (Lipinski definition) is 2. The first-order valence-electron chi connectivity index (χ1n) is 10.9. The number of aliphatic imine (C=N–C) groups is 1. The lowest BCUT2D eigenvalue weighted by Gasteiger charge is -2.27. The summed E-state index contributed by atoms with van der Waals surface area (Å²) in [6, 6.07) is 14.4. The van der Waals surface area contributed by atoms with Gasteiger partial charge in [-0.2, -0.15) is 0 Å². The predicted molar refractivity (Wildman–Crippen MR) is 134 cm³/mol. The molecule has 1 aromatic heterocycles. The molecule has 3 heterocycles. The van der Waals surface area contributed by atoms with E-state index < -0.39 is 0 Å². The van der Waals surface area contributed by atoms with Gasteiger partial charge in [-0.25, -0.2) is 4.98 Å². The molecule has 2 aliphatic rings. The highest BCUT2D eigenvalue weighted by Crippen LogP contribution is 2.37. The number of aromatic nitrogens is 1. The van der Waals surface area contributed by atoms with Gasteiger partial charge in [0.05, 0.1) is 41.4 Å². The van der Waals surface area contributed by atoms with Crippen molar-refractivity contribution in [2.24, 2.45) is 4.99 Å². The Morgan fingerprint density at radius 3 is 2.85 bits per heavy atom. The SMILES string of the molecule is COc1cccc(C2N=C3C(Nc4ccc(-c5cnc(C)s5)c(CO)c4)=CC=CN3C2C)c1. The van der Waals surface area contributed by atoms with Crippen molar-refractivity contribution in [2.45, 2.75) is 32.5 Å². The molecule has 2 aromatic carbocycles. The summed E-state index contributed by atoms with van der Waals surface area (Å²) in [6.45, 7) is 4.13. The van der Waals surface area contributed by atoms with Crippen molar-refractivity contribution in [1.29, 1.82) is 0 Å². The second-order valence-corrected chi connectivity index (χ2v) is 9.38. The van der Waals surface area contributed by atoms with Crippen LogP contribution >= 0.6 is 11.3 Å². The predicted octanol–water partition coefficient (Wildman–Crippen LogP) is 5.29. The van der Waals surface area contributed by atoms with E-state index in [-0.39, 0.29) is 18.7 Å². The molecule has 0 saturated heterocycles. The van der Waals surface area contributed by atoms with Crippen molar-refractivity contribution in [2.75, 3.05) is 12.4 Å². The molecule has 168 valence electrons. The van der Waals surface area contributed by atoms with E-state index in [2.05, 4.69) is 40.5 Å². The quantitative estimate of drug-likeness (QED) is 0.526. The lowest BCUT2D eigenvalue weighted by molar-refractivity contribution is 0.282. The van der Waals surface area contributed by atoms with E-state index in [9.17, 15) is 5.11 Å². The number of anilines is 1. The zero-order chi connectivity index (χ0) is 22.9. The summed E-state index contributed by atoms with van der Waals surface area (Å²) >= 11 is 1.63. The van der Waals surface area contributed by atoms with Crippen LogP contribution in [0.5, 0.6) is 5.75 Å². The minimum absolute atomic E-state index is 0.00740. The molecule has 0 amide bonds. The molecule has 0 aliphatic carbocycles. The zero-order valence-corrected chi connectivity index (χ0v) is 19.6. The van der Waals surface area contributed by atoms with Gasteiger partial charge in [-0.3, -0.25) is 4.99 Å². The first-order chi connectivity index (χ1) is 16.1. The van der Waals surface area contributed by atoms with E-state index in [1.165, 1.54) is 0 Å². The third-order valence-corrected chi connectivity index (χ3v) is 6.97. The van der Waals surface area contributed by atoms with Crippen LogP contribution in [0.25, 0.3) is 10.4 Å². The van der Waals surface area contributed by atoms with E-state index in [4.69, 9.17) is 9.73 Å². The molecule has 5 rings (SSSR count). The lowest BCUT2D eigenvalue weighted by Crippen LogP contribution is -2.34. The molecule has 3 aromatic rings. The van der Waals surface area contributed by atoms with E-state index in [1.807, 2.05) is 55.6 Å². The molecule has 2 unspecified atom stereocenters. The molecule has 6 nitrogen and oxygen atoms in total. The average Bonchev–Trinajstić information content (AvgIpc) is 3.43. The van der Waals surface area contributed by atoms with Gasteiger partial charge in [-0.1, -0.05) is 18.2 Å². The maximum atomic E-state index is 9.99. The van der Waals surface area contributed by atoms with Gasteiger partial charge in [0.1, 0.15) is 5.75 Å². The number of benzene rings is 2. The van der Waals surface area contributed by atoms with Crippen molar-refractivity contribution in [3.63, 3.8) is 0 Å². The Morgan fingerprint density at radius 1 is 1.21 bits per heavy atom. The number of nitrogens with zero attached hydrogens (tertiary/aromatic N) is 3. The Labute approximate surface area is 197 Å². The summed E-state index contributed by atoms with van der Waals surface area (Å²) < 4.78 is 5.41. The standard InChI is InChI=1S/C26H26N4O2S/c1-16-25(18-6-4-7-21(13-18)32-3)29-26-23(8-5-11-30(16)26)28-20-9-10-22(19(12-20)15-31)24-14-27-17(2)33-24/h4-14,16,25,28,31H,15H2,1-3H3. The molecule has 33 heavy (non-hydrogen) atoms. The fourth-order valence-electron chi connectivity index (χ4n) is 4.33. The second kappa shape index (κ2) is 8.84.